The number of alkyl halides is 7. The van der Waals surface area contributed by atoms with Crippen LogP contribution in [0.1, 0.15) is 0 Å². The second-order valence-corrected chi connectivity index (χ2v) is 2.79. The van der Waals surface area contributed by atoms with E-state index in [1.165, 1.54) is 0 Å². The fraction of sp³-hybridized carbons (Fsp3) is 0.750. The van der Waals surface area contributed by atoms with Crippen LogP contribution in [0.2, 0.25) is 0 Å². The number of allylic oxidation sites excluding steroid dienone is 1. The molecule has 0 rings (SSSR count). The van der Waals surface area contributed by atoms with Gasteiger partial charge in [0.1, 0.15) is 0 Å². The molecular formula is C8H9F7. The van der Waals surface area contributed by atoms with Gasteiger partial charge in [-0.1, -0.05) is 6.08 Å². The van der Waals surface area contributed by atoms with E-state index < -0.39 is 37.3 Å². The van der Waals surface area contributed by atoms with Gasteiger partial charge in [-0.3, -0.25) is 0 Å². The monoisotopic (exact) mass is 238 g/mol. The molecule has 0 heterocycles. The molecule has 0 saturated heterocycles. The number of hydrogen-bond donors (Lipinski definition) is 0. The molecule has 5 unspecified atom stereocenters. The molecule has 5 atom stereocenters. The van der Waals surface area contributed by atoms with Crippen LogP contribution in [0.5, 0.6) is 0 Å². The third kappa shape index (κ3) is 3.71. The largest absolute Gasteiger partial charge is 0.272 e. The van der Waals surface area contributed by atoms with E-state index in [-0.39, 0.29) is 0 Å². The highest BCUT2D eigenvalue weighted by molar-refractivity contribution is 4.93. The summed E-state index contributed by atoms with van der Waals surface area (Å²) in [7, 11) is 0. The van der Waals surface area contributed by atoms with Crippen molar-refractivity contribution >= 4 is 0 Å². The fourth-order valence-corrected chi connectivity index (χ4v) is 0.796. The van der Waals surface area contributed by atoms with E-state index in [4.69, 9.17) is 0 Å². The summed E-state index contributed by atoms with van der Waals surface area (Å²) in [6.07, 6.45) is -19.2. The summed E-state index contributed by atoms with van der Waals surface area (Å²) in [6, 6.07) is 0. The second-order valence-electron chi connectivity index (χ2n) is 2.79. The van der Waals surface area contributed by atoms with Crippen molar-refractivity contribution in [1.29, 1.82) is 0 Å². The van der Waals surface area contributed by atoms with Crippen LogP contribution in [-0.4, -0.2) is 37.3 Å². The third-order valence-electron chi connectivity index (χ3n) is 1.68. The molecule has 0 saturated carbocycles. The Labute approximate surface area is 81.8 Å². The quantitative estimate of drug-likeness (QED) is 0.492. The zero-order chi connectivity index (χ0) is 12.2. The summed E-state index contributed by atoms with van der Waals surface area (Å²) in [5.41, 5.74) is 0. The van der Waals surface area contributed by atoms with Gasteiger partial charge in [0.05, 0.1) is 0 Å². The SMILES string of the molecule is C=CC(F)C(F)C(F)C(F)C(F)C(F)F. The van der Waals surface area contributed by atoms with Crippen molar-refractivity contribution in [3.8, 4) is 0 Å². The molecule has 0 fully saturated rings. The molecule has 15 heavy (non-hydrogen) atoms. The van der Waals surface area contributed by atoms with Gasteiger partial charge in [0, 0.05) is 0 Å². The molecule has 0 aromatic rings. The van der Waals surface area contributed by atoms with Crippen LogP contribution in [0.4, 0.5) is 30.7 Å². The first-order valence-corrected chi connectivity index (χ1v) is 3.94. The third-order valence-corrected chi connectivity index (χ3v) is 1.68. The van der Waals surface area contributed by atoms with E-state index in [1.54, 1.807) is 0 Å². The Balaban J connectivity index is 4.42. The van der Waals surface area contributed by atoms with Crippen LogP contribution in [-0.2, 0) is 0 Å². The van der Waals surface area contributed by atoms with Gasteiger partial charge in [-0.05, 0) is 0 Å². The van der Waals surface area contributed by atoms with E-state index >= 15 is 0 Å². The fourth-order valence-electron chi connectivity index (χ4n) is 0.796. The van der Waals surface area contributed by atoms with Gasteiger partial charge < -0.3 is 0 Å². The molecule has 90 valence electrons. The maximum atomic E-state index is 12.6. The molecule has 0 bridgehead atoms. The van der Waals surface area contributed by atoms with Crippen LogP contribution in [0, 0.1) is 0 Å². The normalized spacial score (nSPS) is 21.9. The lowest BCUT2D eigenvalue weighted by Crippen LogP contribution is -2.41. The molecule has 0 N–H and O–H groups in total. The minimum Gasteiger partial charge on any atom is -0.241 e. The molecule has 0 aliphatic carbocycles. The molecule has 0 aromatic carbocycles. The zero-order valence-corrected chi connectivity index (χ0v) is 7.39. The van der Waals surface area contributed by atoms with Gasteiger partial charge in [-0.15, -0.1) is 6.58 Å². The van der Waals surface area contributed by atoms with Gasteiger partial charge in [0.15, 0.2) is 30.9 Å². The Hall–Kier alpha value is -0.750. The van der Waals surface area contributed by atoms with Gasteiger partial charge in [0.2, 0.25) is 0 Å². The molecule has 0 radical (unpaired) electrons. The Kier molecular flexibility index (Phi) is 5.67. The lowest BCUT2D eigenvalue weighted by molar-refractivity contribution is -0.0472. The highest BCUT2D eigenvalue weighted by Crippen LogP contribution is 2.24. The number of rotatable bonds is 6. The maximum absolute atomic E-state index is 12.6. The van der Waals surface area contributed by atoms with Crippen molar-refractivity contribution in [2.24, 2.45) is 0 Å². The smallest absolute Gasteiger partial charge is 0.241 e. The summed E-state index contributed by atoms with van der Waals surface area (Å²) in [6.45, 7) is 2.76. The second kappa shape index (κ2) is 5.97. The van der Waals surface area contributed by atoms with Crippen LogP contribution in [0.3, 0.4) is 0 Å². The predicted molar refractivity (Wildman–Crippen MR) is 40.7 cm³/mol. The predicted octanol–water partition coefficient (Wildman–Crippen LogP) is 3.13. The summed E-state index contributed by atoms with van der Waals surface area (Å²) >= 11 is 0. The van der Waals surface area contributed by atoms with Crippen LogP contribution in [0.15, 0.2) is 12.7 Å². The Morgan fingerprint density at radius 2 is 1.07 bits per heavy atom. The Morgan fingerprint density at radius 1 is 0.667 bits per heavy atom. The summed E-state index contributed by atoms with van der Waals surface area (Å²) in [5.74, 6) is 0. The average molecular weight is 238 g/mol. The minimum atomic E-state index is -3.78. The molecule has 0 aliphatic heterocycles. The maximum Gasteiger partial charge on any atom is 0.272 e. The highest BCUT2D eigenvalue weighted by Gasteiger charge is 2.42. The molecule has 0 spiro atoms. The van der Waals surface area contributed by atoms with E-state index in [1.807, 2.05) is 0 Å². The average Bonchev–Trinajstić information content (AvgIpc) is 2.23. The molecule has 0 nitrogen and oxygen atoms in total. The van der Waals surface area contributed by atoms with Crippen molar-refractivity contribution in [1.82, 2.24) is 0 Å². The van der Waals surface area contributed by atoms with Crippen LogP contribution < -0.4 is 0 Å². The standard InChI is InChI=1S/C8H9F7/c1-2-3(9)4(10)5(11)6(12)7(13)8(14)15/h2-8H,1H2. The summed E-state index contributed by atoms with van der Waals surface area (Å²) < 4.78 is 85.5. The van der Waals surface area contributed by atoms with Crippen LogP contribution >= 0.6 is 0 Å². The van der Waals surface area contributed by atoms with Crippen molar-refractivity contribution in [2.75, 3.05) is 0 Å². The van der Waals surface area contributed by atoms with Gasteiger partial charge in [0.25, 0.3) is 6.43 Å². The summed E-state index contributed by atoms with van der Waals surface area (Å²) in [5, 5.41) is 0. The van der Waals surface area contributed by atoms with Gasteiger partial charge in [-0.25, -0.2) is 30.7 Å². The van der Waals surface area contributed by atoms with E-state index in [9.17, 15) is 30.7 Å². The topological polar surface area (TPSA) is 0 Å². The zero-order valence-electron chi connectivity index (χ0n) is 7.39. The van der Waals surface area contributed by atoms with Crippen molar-refractivity contribution in [2.45, 2.75) is 37.3 Å². The van der Waals surface area contributed by atoms with Crippen molar-refractivity contribution in [3.63, 3.8) is 0 Å². The number of hydrogen-bond acceptors (Lipinski definition) is 0. The lowest BCUT2D eigenvalue weighted by Gasteiger charge is -2.20. The van der Waals surface area contributed by atoms with Gasteiger partial charge in [-0.2, -0.15) is 0 Å². The first-order valence-electron chi connectivity index (χ1n) is 3.94. The first kappa shape index (κ1) is 14.2. The van der Waals surface area contributed by atoms with E-state index in [0.29, 0.717) is 6.08 Å². The highest BCUT2D eigenvalue weighted by atomic mass is 19.3. The molecule has 0 aliphatic rings. The number of halogens is 7. The molecule has 0 amide bonds. The van der Waals surface area contributed by atoms with Gasteiger partial charge >= 0.3 is 0 Å². The van der Waals surface area contributed by atoms with Crippen LogP contribution in [0.25, 0.3) is 0 Å². The Morgan fingerprint density at radius 3 is 1.40 bits per heavy atom. The minimum absolute atomic E-state index is 0.333. The molecule has 7 heteroatoms. The van der Waals surface area contributed by atoms with E-state index in [0.717, 1.165) is 0 Å². The van der Waals surface area contributed by atoms with Crippen molar-refractivity contribution < 1.29 is 30.7 Å². The van der Waals surface area contributed by atoms with E-state index in [2.05, 4.69) is 6.58 Å². The molecular weight excluding hydrogens is 229 g/mol. The molecule has 0 aromatic heterocycles. The summed E-state index contributed by atoms with van der Waals surface area (Å²) in [4.78, 5) is 0. The van der Waals surface area contributed by atoms with Crippen molar-refractivity contribution in [3.05, 3.63) is 12.7 Å². The lowest BCUT2D eigenvalue weighted by atomic mass is 10.0. The Bertz CT molecular complexity index is 195. The first-order chi connectivity index (χ1) is 6.82.